The number of hydrogen-bond acceptors (Lipinski definition) is 3. The van der Waals surface area contributed by atoms with E-state index in [4.69, 9.17) is 0 Å². The smallest absolute Gasteiger partial charge is 0.191 e. The molecule has 6 heteroatoms. The minimum Gasteiger partial charge on any atom is -0.356 e. The molecule has 0 saturated carbocycles. The van der Waals surface area contributed by atoms with E-state index < -0.39 is 0 Å². The minimum absolute atomic E-state index is 0.801. The molecule has 25 heavy (non-hydrogen) atoms. The summed E-state index contributed by atoms with van der Waals surface area (Å²) in [5.41, 5.74) is 3.59. The van der Waals surface area contributed by atoms with Gasteiger partial charge >= 0.3 is 0 Å². The molecule has 0 saturated heterocycles. The predicted molar refractivity (Wildman–Crippen MR) is 105 cm³/mol. The molecule has 0 bridgehead atoms. The lowest BCUT2D eigenvalue weighted by Crippen LogP contribution is -2.37. The Morgan fingerprint density at radius 3 is 2.76 bits per heavy atom. The van der Waals surface area contributed by atoms with Crippen LogP contribution in [0.3, 0.4) is 0 Å². The lowest BCUT2D eigenvalue weighted by Gasteiger charge is -2.11. The third-order valence-electron chi connectivity index (χ3n) is 3.97. The number of para-hydroxylation sites is 1. The molecular weight excluding hydrogens is 330 g/mol. The van der Waals surface area contributed by atoms with Gasteiger partial charge in [0.05, 0.1) is 18.4 Å². The topological polar surface area (TPSA) is 54.2 Å². The average Bonchev–Trinajstić information content (AvgIpc) is 3.28. The summed E-state index contributed by atoms with van der Waals surface area (Å²) in [4.78, 5) is 5.62. The van der Waals surface area contributed by atoms with Gasteiger partial charge in [-0.05, 0) is 48.1 Å². The van der Waals surface area contributed by atoms with Crippen LogP contribution in [0.15, 0.2) is 59.2 Å². The lowest BCUT2D eigenvalue weighted by molar-refractivity contribution is 0.797. The molecule has 0 radical (unpaired) electrons. The summed E-state index contributed by atoms with van der Waals surface area (Å²) in [5, 5.41) is 13.3. The maximum Gasteiger partial charge on any atom is 0.191 e. The highest BCUT2D eigenvalue weighted by Gasteiger charge is 2.04. The van der Waals surface area contributed by atoms with Crippen LogP contribution in [0.1, 0.15) is 16.0 Å². The molecule has 0 atom stereocenters. The van der Waals surface area contributed by atoms with E-state index in [0.717, 1.165) is 31.2 Å². The van der Waals surface area contributed by atoms with Gasteiger partial charge in [0.25, 0.3) is 0 Å². The van der Waals surface area contributed by atoms with Gasteiger partial charge in [-0.2, -0.15) is 5.10 Å². The van der Waals surface area contributed by atoms with Crippen LogP contribution in [0.5, 0.6) is 0 Å². The molecule has 2 N–H and O–H groups in total. The predicted octanol–water partition coefficient (Wildman–Crippen LogP) is 3.15. The third-order valence-corrected chi connectivity index (χ3v) is 4.99. The van der Waals surface area contributed by atoms with Crippen LogP contribution in [-0.4, -0.2) is 29.3 Å². The van der Waals surface area contributed by atoms with Crippen molar-refractivity contribution in [1.82, 2.24) is 20.4 Å². The first-order valence-corrected chi connectivity index (χ1v) is 9.20. The molecule has 0 amide bonds. The molecule has 3 rings (SSSR count). The Kier molecular flexibility index (Phi) is 5.85. The molecule has 0 aliphatic carbocycles. The summed E-state index contributed by atoms with van der Waals surface area (Å²) in [7, 11) is 1.80. The Bertz CT molecular complexity index is 819. The van der Waals surface area contributed by atoms with Crippen molar-refractivity contribution in [3.8, 4) is 5.69 Å². The van der Waals surface area contributed by atoms with Crippen LogP contribution in [-0.2, 0) is 13.0 Å². The summed E-state index contributed by atoms with van der Waals surface area (Å²) < 4.78 is 1.90. The molecule has 5 nitrogen and oxygen atoms in total. The molecule has 0 spiro atoms. The van der Waals surface area contributed by atoms with Crippen LogP contribution < -0.4 is 10.6 Å². The van der Waals surface area contributed by atoms with Gasteiger partial charge in [-0.1, -0.05) is 18.2 Å². The molecule has 0 aliphatic rings. The van der Waals surface area contributed by atoms with E-state index in [2.05, 4.69) is 45.3 Å². The van der Waals surface area contributed by atoms with E-state index in [1.165, 1.54) is 16.0 Å². The highest BCUT2D eigenvalue weighted by Crippen LogP contribution is 2.14. The number of rotatable bonds is 6. The van der Waals surface area contributed by atoms with Crippen molar-refractivity contribution in [3.63, 3.8) is 0 Å². The fourth-order valence-corrected chi connectivity index (χ4v) is 3.35. The summed E-state index contributed by atoms with van der Waals surface area (Å²) in [5.74, 6) is 0.822. The highest BCUT2D eigenvalue weighted by molar-refractivity contribution is 7.10. The second-order valence-corrected chi connectivity index (χ2v) is 6.76. The van der Waals surface area contributed by atoms with Gasteiger partial charge in [0.15, 0.2) is 5.96 Å². The zero-order chi connectivity index (χ0) is 17.5. The van der Waals surface area contributed by atoms with Crippen LogP contribution in [0, 0.1) is 6.92 Å². The van der Waals surface area contributed by atoms with Gasteiger partial charge in [-0.3, -0.25) is 4.99 Å². The van der Waals surface area contributed by atoms with E-state index in [1.807, 2.05) is 41.2 Å². The van der Waals surface area contributed by atoms with Crippen molar-refractivity contribution < 1.29 is 0 Å². The SMILES string of the molecule is CN=C(NCCc1cnn(-c2ccccc2)c1)NCc1sccc1C. The number of thiophene rings is 1. The molecule has 0 unspecified atom stereocenters. The van der Waals surface area contributed by atoms with Crippen molar-refractivity contribution in [2.45, 2.75) is 19.9 Å². The first kappa shape index (κ1) is 17.2. The Labute approximate surface area is 152 Å². The average molecular weight is 353 g/mol. The van der Waals surface area contributed by atoms with Crippen molar-refractivity contribution in [2.75, 3.05) is 13.6 Å². The van der Waals surface area contributed by atoms with Crippen molar-refractivity contribution in [3.05, 3.63) is 70.2 Å². The van der Waals surface area contributed by atoms with E-state index in [-0.39, 0.29) is 0 Å². The Balaban J connectivity index is 1.47. The summed E-state index contributed by atoms with van der Waals surface area (Å²) in [6, 6.07) is 12.3. The van der Waals surface area contributed by atoms with Crippen molar-refractivity contribution in [2.24, 2.45) is 4.99 Å². The first-order chi connectivity index (χ1) is 12.3. The van der Waals surface area contributed by atoms with Crippen molar-refractivity contribution in [1.29, 1.82) is 0 Å². The minimum atomic E-state index is 0.801. The van der Waals surface area contributed by atoms with Gasteiger partial charge in [-0.15, -0.1) is 11.3 Å². The summed E-state index contributed by atoms with van der Waals surface area (Å²) in [6.07, 6.45) is 4.88. The molecule has 2 aromatic heterocycles. The summed E-state index contributed by atoms with van der Waals surface area (Å²) >= 11 is 1.77. The standard InChI is InChI=1S/C19H23N5S/c1-15-9-11-25-18(15)13-22-19(20-2)21-10-8-16-12-23-24(14-16)17-6-4-3-5-7-17/h3-7,9,11-12,14H,8,10,13H2,1-2H3,(H2,20,21,22). The van der Waals surface area contributed by atoms with Gasteiger partial charge < -0.3 is 10.6 Å². The van der Waals surface area contributed by atoms with Gasteiger partial charge in [0, 0.05) is 24.7 Å². The van der Waals surface area contributed by atoms with Crippen molar-refractivity contribution >= 4 is 17.3 Å². The zero-order valence-electron chi connectivity index (χ0n) is 14.6. The molecule has 0 aliphatic heterocycles. The maximum absolute atomic E-state index is 4.43. The fourth-order valence-electron chi connectivity index (χ4n) is 2.51. The number of nitrogens with zero attached hydrogens (tertiary/aromatic N) is 3. The number of aromatic nitrogens is 2. The first-order valence-electron chi connectivity index (χ1n) is 8.32. The highest BCUT2D eigenvalue weighted by atomic mass is 32.1. The van der Waals surface area contributed by atoms with Gasteiger partial charge in [-0.25, -0.2) is 4.68 Å². The number of aliphatic imine (C=N–C) groups is 1. The van der Waals surface area contributed by atoms with E-state index in [9.17, 15) is 0 Å². The normalized spacial score (nSPS) is 11.5. The Hall–Kier alpha value is -2.60. The molecule has 1 aromatic carbocycles. The molecular formula is C19H23N5S. The van der Waals surface area contributed by atoms with Gasteiger partial charge in [0.2, 0.25) is 0 Å². The molecule has 130 valence electrons. The van der Waals surface area contributed by atoms with E-state index >= 15 is 0 Å². The Morgan fingerprint density at radius 2 is 2.04 bits per heavy atom. The number of benzene rings is 1. The van der Waals surface area contributed by atoms with E-state index in [0.29, 0.717) is 0 Å². The van der Waals surface area contributed by atoms with E-state index in [1.54, 1.807) is 18.4 Å². The molecule has 0 fully saturated rings. The van der Waals surface area contributed by atoms with Crippen LogP contribution >= 0.6 is 11.3 Å². The monoisotopic (exact) mass is 353 g/mol. The fraction of sp³-hybridized carbons (Fsp3) is 0.263. The van der Waals surface area contributed by atoms with Gasteiger partial charge in [0.1, 0.15) is 0 Å². The molecule has 3 aromatic rings. The zero-order valence-corrected chi connectivity index (χ0v) is 15.4. The number of guanidine groups is 1. The number of hydrogen-bond donors (Lipinski definition) is 2. The third kappa shape index (κ3) is 4.70. The number of nitrogens with one attached hydrogen (secondary N) is 2. The largest absolute Gasteiger partial charge is 0.356 e. The van der Waals surface area contributed by atoms with Crippen LogP contribution in [0.2, 0.25) is 0 Å². The Morgan fingerprint density at radius 1 is 1.20 bits per heavy atom. The molecule has 2 heterocycles. The maximum atomic E-state index is 4.43. The van der Waals surface area contributed by atoms with Crippen LogP contribution in [0.4, 0.5) is 0 Å². The second kappa shape index (κ2) is 8.48. The second-order valence-electron chi connectivity index (χ2n) is 5.76. The lowest BCUT2D eigenvalue weighted by atomic mass is 10.2. The quantitative estimate of drug-likeness (QED) is 0.529. The summed E-state index contributed by atoms with van der Waals surface area (Å²) in [6.45, 7) is 3.74. The van der Waals surface area contributed by atoms with Crippen LogP contribution in [0.25, 0.3) is 5.69 Å². The number of aryl methyl sites for hydroxylation is 1.